The lowest BCUT2D eigenvalue weighted by Gasteiger charge is -2.15. The molecule has 0 aliphatic carbocycles. The Labute approximate surface area is 115 Å². The Hall–Kier alpha value is -1.68. The molecule has 0 radical (unpaired) electrons. The molecule has 0 saturated heterocycles. The maximum atomic E-state index is 12.4. The lowest BCUT2D eigenvalue weighted by molar-refractivity contribution is -0.137. The number of hydrogen-bond donors (Lipinski definition) is 0. The number of esters is 1. The normalized spacial score (nSPS) is 11.6. The van der Waals surface area contributed by atoms with E-state index in [0.717, 1.165) is 5.56 Å². The number of carbonyl (C=O) groups excluding carboxylic acids is 2. The SMILES string of the molecule is CCOC(=O)/C=C/c1ccccc1C(=O)[Si](C)(C)C. The second-order valence-corrected chi connectivity index (χ2v) is 10.2. The van der Waals surface area contributed by atoms with Crippen LogP contribution in [-0.2, 0) is 9.53 Å². The molecule has 1 aromatic rings. The molecule has 0 aliphatic heterocycles. The van der Waals surface area contributed by atoms with Crippen molar-refractivity contribution in [2.24, 2.45) is 0 Å². The van der Waals surface area contributed by atoms with Crippen LogP contribution in [0.3, 0.4) is 0 Å². The smallest absolute Gasteiger partial charge is 0.330 e. The lowest BCUT2D eigenvalue weighted by atomic mass is 10.1. The van der Waals surface area contributed by atoms with Gasteiger partial charge in [-0.05, 0) is 18.6 Å². The molecule has 0 heterocycles. The zero-order valence-electron chi connectivity index (χ0n) is 11.9. The van der Waals surface area contributed by atoms with Crippen molar-refractivity contribution in [1.29, 1.82) is 0 Å². The fraction of sp³-hybridized carbons (Fsp3) is 0.333. The first-order valence-corrected chi connectivity index (χ1v) is 9.85. The average Bonchev–Trinajstić information content (AvgIpc) is 2.35. The van der Waals surface area contributed by atoms with E-state index in [-0.39, 0.29) is 5.41 Å². The van der Waals surface area contributed by atoms with Gasteiger partial charge in [0.25, 0.3) is 0 Å². The third kappa shape index (κ3) is 4.48. The predicted octanol–water partition coefficient (Wildman–Crippen LogP) is 3.32. The number of benzene rings is 1. The van der Waals surface area contributed by atoms with E-state index in [1.54, 1.807) is 13.0 Å². The Balaban J connectivity index is 3.04. The minimum atomic E-state index is -1.89. The van der Waals surface area contributed by atoms with Crippen molar-refractivity contribution in [2.75, 3.05) is 6.61 Å². The van der Waals surface area contributed by atoms with Crippen molar-refractivity contribution in [3.8, 4) is 0 Å². The van der Waals surface area contributed by atoms with Crippen LogP contribution in [-0.4, -0.2) is 26.1 Å². The van der Waals surface area contributed by atoms with Crippen molar-refractivity contribution in [3.05, 3.63) is 41.5 Å². The molecule has 0 atom stereocenters. The quantitative estimate of drug-likeness (QED) is 0.471. The molecule has 0 amide bonds. The lowest BCUT2D eigenvalue weighted by Crippen LogP contribution is -2.33. The van der Waals surface area contributed by atoms with E-state index in [4.69, 9.17) is 4.74 Å². The first-order valence-electron chi connectivity index (χ1n) is 6.35. The highest BCUT2D eigenvalue weighted by molar-refractivity contribution is 7.05. The molecule has 0 fully saturated rings. The van der Waals surface area contributed by atoms with Crippen LogP contribution in [0.15, 0.2) is 30.3 Å². The Morgan fingerprint density at radius 1 is 1.21 bits per heavy atom. The Kier molecular flexibility index (Phi) is 5.24. The molecule has 4 heteroatoms. The summed E-state index contributed by atoms with van der Waals surface area (Å²) in [5, 5.41) is 0.191. The molecule has 1 aromatic carbocycles. The van der Waals surface area contributed by atoms with Crippen LogP contribution in [0.25, 0.3) is 6.08 Å². The zero-order valence-corrected chi connectivity index (χ0v) is 12.9. The number of carbonyl (C=O) groups is 2. The van der Waals surface area contributed by atoms with E-state index < -0.39 is 14.0 Å². The van der Waals surface area contributed by atoms with Crippen molar-refractivity contribution in [3.63, 3.8) is 0 Å². The molecule has 102 valence electrons. The molecule has 0 saturated carbocycles. The van der Waals surface area contributed by atoms with E-state index >= 15 is 0 Å². The predicted molar refractivity (Wildman–Crippen MR) is 79.8 cm³/mol. The van der Waals surface area contributed by atoms with Crippen molar-refractivity contribution >= 4 is 25.5 Å². The van der Waals surface area contributed by atoms with E-state index in [2.05, 4.69) is 0 Å². The number of rotatable bonds is 5. The largest absolute Gasteiger partial charge is 0.463 e. The van der Waals surface area contributed by atoms with Crippen LogP contribution in [0.4, 0.5) is 0 Å². The summed E-state index contributed by atoms with van der Waals surface area (Å²) in [4.78, 5) is 23.7. The summed E-state index contributed by atoms with van der Waals surface area (Å²) in [5.41, 5.74) is 1.45. The summed E-state index contributed by atoms with van der Waals surface area (Å²) < 4.78 is 4.83. The second kappa shape index (κ2) is 6.47. The van der Waals surface area contributed by atoms with Gasteiger partial charge in [0.2, 0.25) is 0 Å². The molecule has 0 spiro atoms. The van der Waals surface area contributed by atoms with Gasteiger partial charge >= 0.3 is 5.97 Å². The highest BCUT2D eigenvalue weighted by Crippen LogP contribution is 2.17. The fourth-order valence-corrected chi connectivity index (χ4v) is 2.64. The fourth-order valence-electron chi connectivity index (χ4n) is 1.60. The van der Waals surface area contributed by atoms with Crippen LogP contribution in [0, 0.1) is 0 Å². The second-order valence-electron chi connectivity index (χ2n) is 5.25. The molecular weight excluding hydrogens is 256 g/mol. The van der Waals surface area contributed by atoms with Gasteiger partial charge in [-0.1, -0.05) is 43.9 Å². The zero-order chi connectivity index (χ0) is 14.5. The average molecular weight is 276 g/mol. The monoisotopic (exact) mass is 276 g/mol. The topological polar surface area (TPSA) is 43.4 Å². The molecule has 0 aromatic heterocycles. The van der Waals surface area contributed by atoms with Crippen LogP contribution < -0.4 is 0 Å². The Bertz CT molecular complexity index is 498. The molecule has 0 aliphatic rings. The summed E-state index contributed by atoms with van der Waals surface area (Å²) >= 11 is 0. The number of ether oxygens (including phenoxy) is 1. The molecule has 19 heavy (non-hydrogen) atoms. The minimum absolute atomic E-state index is 0.191. The highest BCUT2D eigenvalue weighted by atomic mass is 28.3. The Morgan fingerprint density at radius 2 is 1.84 bits per heavy atom. The van der Waals surface area contributed by atoms with Gasteiger partial charge in [-0.2, -0.15) is 0 Å². The maximum Gasteiger partial charge on any atom is 0.330 e. The van der Waals surface area contributed by atoms with Crippen LogP contribution in [0.2, 0.25) is 19.6 Å². The first-order chi connectivity index (χ1) is 8.86. The van der Waals surface area contributed by atoms with Gasteiger partial charge in [0, 0.05) is 11.6 Å². The van der Waals surface area contributed by atoms with Crippen LogP contribution in [0.5, 0.6) is 0 Å². The van der Waals surface area contributed by atoms with Gasteiger partial charge in [-0.15, -0.1) is 0 Å². The molecule has 1 rings (SSSR count). The summed E-state index contributed by atoms with van der Waals surface area (Å²) in [6.45, 7) is 8.15. The van der Waals surface area contributed by atoms with Crippen LogP contribution in [0.1, 0.15) is 22.8 Å². The third-order valence-corrected chi connectivity index (χ3v) is 4.20. The van der Waals surface area contributed by atoms with Gasteiger partial charge in [0.15, 0.2) is 0 Å². The first kappa shape index (κ1) is 15.4. The van der Waals surface area contributed by atoms with Gasteiger partial charge in [-0.3, -0.25) is 0 Å². The summed E-state index contributed by atoms with van der Waals surface area (Å²) in [7, 11) is -1.89. The van der Waals surface area contributed by atoms with Gasteiger partial charge in [0.1, 0.15) is 13.5 Å². The minimum Gasteiger partial charge on any atom is -0.463 e. The Morgan fingerprint density at radius 3 is 2.42 bits per heavy atom. The summed E-state index contributed by atoms with van der Waals surface area (Å²) in [5.74, 6) is -0.391. The number of hydrogen-bond acceptors (Lipinski definition) is 3. The molecule has 3 nitrogen and oxygen atoms in total. The molecule has 0 bridgehead atoms. The van der Waals surface area contributed by atoms with Crippen molar-refractivity contribution < 1.29 is 14.3 Å². The molecule has 0 N–H and O–H groups in total. The summed E-state index contributed by atoms with van der Waals surface area (Å²) in [6.07, 6.45) is 3.01. The van der Waals surface area contributed by atoms with Crippen LogP contribution >= 0.6 is 0 Å². The van der Waals surface area contributed by atoms with Gasteiger partial charge in [-0.25, -0.2) is 4.79 Å². The van der Waals surface area contributed by atoms with E-state index in [1.165, 1.54) is 6.08 Å². The molecular formula is C15H20O3Si. The van der Waals surface area contributed by atoms with E-state index in [1.807, 2.05) is 43.9 Å². The van der Waals surface area contributed by atoms with Crippen molar-refractivity contribution in [2.45, 2.75) is 26.6 Å². The standard InChI is InChI=1S/C15H20O3Si/c1-5-18-14(16)11-10-12-8-6-7-9-13(12)15(17)19(2,3)4/h6-11H,5H2,1-4H3/b11-10+. The molecule has 0 unspecified atom stereocenters. The van der Waals surface area contributed by atoms with Gasteiger partial charge in [0.05, 0.1) is 6.61 Å². The van der Waals surface area contributed by atoms with Crippen molar-refractivity contribution in [1.82, 2.24) is 0 Å². The van der Waals surface area contributed by atoms with E-state index in [9.17, 15) is 9.59 Å². The summed E-state index contributed by atoms with van der Waals surface area (Å²) in [6, 6.07) is 7.34. The van der Waals surface area contributed by atoms with Gasteiger partial charge < -0.3 is 9.53 Å². The van der Waals surface area contributed by atoms with E-state index in [0.29, 0.717) is 12.2 Å². The highest BCUT2D eigenvalue weighted by Gasteiger charge is 2.26. The maximum absolute atomic E-state index is 12.4. The third-order valence-electron chi connectivity index (χ3n) is 2.57.